The van der Waals surface area contributed by atoms with Gasteiger partial charge in [0.05, 0.1) is 0 Å². The molecular formula is C25H38F6N2. The van der Waals surface area contributed by atoms with Gasteiger partial charge in [-0.15, -0.1) is 0 Å². The number of alkyl halides is 6. The zero-order valence-corrected chi connectivity index (χ0v) is 20.7. The molecule has 33 heavy (non-hydrogen) atoms. The Bertz CT molecular complexity index is 746. The highest BCUT2D eigenvalue weighted by atomic mass is 19.4. The average molecular weight is 481 g/mol. The number of nitrogens with two attached hydrogens (primary N) is 1. The monoisotopic (exact) mass is 480 g/mol. The lowest BCUT2D eigenvalue weighted by molar-refractivity contribution is -0.0915. The maximum Gasteiger partial charge on any atom is 0.415 e. The van der Waals surface area contributed by atoms with Crippen molar-refractivity contribution >= 4 is 5.71 Å². The Balaban J connectivity index is -0.000000214. The Morgan fingerprint density at radius 2 is 1.21 bits per heavy atom. The van der Waals surface area contributed by atoms with E-state index >= 15 is 0 Å². The van der Waals surface area contributed by atoms with Crippen LogP contribution in [0.3, 0.4) is 0 Å². The fourth-order valence-corrected chi connectivity index (χ4v) is 1.18. The lowest BCUT2D eigenvalue weighted by atomic mass is 10.0. The van der Waals surface area contributed by atoms with E-state index in [0.717, 1.165) is 25.6 Å². The minimum absolute atomic E-state index is 0.252. The van der Waals surface area contributed by atoms with Crippen molar-refractivity contribution < 1.29 is 26.3 Å². The number of rotatable bonds is 6. The molecule has 0 aromatic rings. The van der Waals surface area contributed by atoms with Gasteiger partial charge in [0.1, 0.15) is 0 Å². The molecule has 0 aromatic carbocycles. The first-order valence-corrected chi connectivity index (χ1v) is 9.98. The van der Waals surface area contributed by atoms with Crippen LogP contribution < -0.4 is 5.73 Å². The number of hydrogen-bond acceptors (Lipinski definition) is 2. The van der Waals surface area contributed by atoms with Crippen molar-refractivity contribution in [2.24, 2.45) is 5.73 Å². The maximum absolute atomic E-state index is 12.1. The third-order valence-electron chi connectivity index (χ3n) is 3.36. The standard InChI is InChI=1S/C11H14F3N.C10H11F3.C2H7N.C2H6/c1-7(9(3)10(4)15)5-6-8(2)11(12,13)14;1-7(2)8(3)5-6-9(4)10(11,12)13;1-2-3;1-2/h5-6,15H,3H2,1-2,4H3;5-6H,1,3-4H2,2H3;2-3H2,1H3;1-2H3/b7-5+,8-6+,15-10?;6-5-;;. The van der Waals surface area contributed by atoms with E-state index in [9.17, 15) is 26.3 Å². The van der Waals surface area contributed by atoms with Gasteiger partial charge in [0, 0.05) is 16.9 Å². The minimum atomic E-state index is -4.37. The van der Waals surface area contributed by atoms with E-state index in [2.05, 4.69) is 26.3 Å². The molecule has 190 valence electrons. The Morgan fingerprint density at radius 1 is 0.818 bits per heavy atom. The topological polar surface area (TPSA) is 49.9 Å². The smallest absolute Gasteiger partial charge is 0.331 e. The molecule has 0 unspecified atom stereocenters. The summed E-state index contributed by atoms with van der Waals surface area (Å²) in [5.74, 6) is 0. The van der Waals surface area contributed by atoms with Crippen molar-refractivity contribution in [3.8, 4) is 0 Å². The highest BCUT2D eigenvalue weighted by molar-refractivity contribution is 5.99. The molecule has 3 N–H and O–H groups in total. The van der Waals surface area contributed by atoms with Crippen molar-refractivity contribution in [2.45, 2.75) is 60.8 Å². The van der Waals surface area contributed by atoms with E-state index < -0.39 is 23.5 Å². The Morgan fingerprint density at radius 3 is 1.48 bits per heavy atom. The van der Waals surface area contributed by atoms with E-state index in [-0.39, 0.29) is 5.71 Å². The van der Waals surface area contributed by atoms with E-state index in [1.807, 2.05) is 20.8 Å². The summed E-state index contributed by atoms with van der Waals surface area (Å²) < 4.78 is 72.0. The summed E-state index contributed by atoms with van der Waals surface area (Å²) in [5, 5.41) is 7.26. The average Bonchev–Trinajstić information content (AvgIpc) is 2.69. The van der Waals surface area contributed by atoms with Crippen molar-refractivity contribution in [3.05, 3.63) is 84.1 Å². The highest BCUT2D eigenvalue weighted by Crippen LogP contribution is 2.26. The molecule has 0 aliphatic heterocycles. The quantitative estimate of drug-likeness (QED) is 0.223. The van der Waals surface area contributed by atoms with Crippen LogP contribution in [0.4, 0.5) is 26.3 Å². The van der Waals surface area contributed by atoms with Crippen LogP contribution in [-0.4, -0.2) is 24.6 Å². The maximum atomic E-state index is 12.1. The van der Waals surface area contributed by atoms with Crippen LogP contribution in [-0.2, 0) is 0 Å². The van der Waals surface area contributed by atoms with Crippen LogP contribution in [0.15, 0.2) is 84.1 Å². The summed E-state index contributed by atoms with van der Waals surface area (Å²) in [6, 6.07) is 0. The molecule has 0 heterocycles. The fraction of sp³-hybridized carbons (Fsp3) is 0.400. The number of hydrogen-bond donors (Lipinski definition) is 2. The number of halogens is 6. The zero-order valence-electron chi connectivity index (χ0n) is 20.7. The predicted molar refractivity (Wildman–Crippen MR) is 130 cm³/mol. The molecule has 0 aliphatic rings. The van der Waals surface area contributed by atoms with Crippen molar-refractivity contribution in [3.63, 3.8) is 0 Å². The molecule has 0 aliphatic carbocycles. The van der Waals surface area contributed by atoms with Gasteiger partial charge in [0.15, 0.2) is 0 Å². The second-order valence-electron chi connectivity index (χ2n) is 6.37. The second kappa shape index (κ2) is 18.9. The fourth-order valence-electron chi connectivity index (χ4n) is 1.18. The molecule has 0 saturated carbocycles. The summed E-state index contributed by atoms with van der Waals surface area (Å²) in [7, 11) is 0. The Hall–Kier alpha value is -2.61. The van der Waals surface area contributed by atoms with Gasteiger partial charge in [0.25, 0.3) is 0 Å². The molecule has 0 amide bonds. The molecule has 0 atom stereocenters. The summed E-state index contributed by atoms with van der Waals surface area (Å²) in [6.07, 6.45) is -4.22. The third kappa shape index (κ3) is 22.4. The third-order valence-corrected chi connectivity index (χ3v) is 3.36. The lowest BCUT2D eigenvalue weighted by Gasteiger charge is -2.06. The summed E-state index contributed by atoms with van der Waals surface area (Å²) in [6.45, 7) is 26.0. The van der Waals surface area contributed by atoms with Gasteiger partial charge >= 0.3 is 12.4 Å². The van der Waals surface area contributed by atoms with Crippen LogP contribution in [0, 0.1) is 5.41 Å². The summed E-state index contributed by atoms with van der Waals surface area (Å²) >= 11 is 0. The van der Waals surface area contributed by atoms with Crippen LogP contribution in [0.5, 0.6) is 0 Å². The molecule has 2 nitrogen and oxygen atoms in total. The first-order chi connectivity index (χ1) is 14.8. The molecule has 0 spiro atoms. The summed E-state index contributed by atoms with van der Waals surface area (Å²) in [4.78, 5) is 0. The van der Waals surface area contributed by atoms with Gasteiger partial charge in [-0.25, -0.2) is 0 Å². The number of allylic oxidation sites excluding steroid dienone is 10. The van der Waals surface area contributed by atoms with E-state index in [0.29, 0.717) is 22.3 Å². The van der Waals surface area contributed by atoms with Crippen molar-refractivity contribution in [1.82, 2.24) is 0 Å². The zero-order chi connectivity index (χ0) is 27.6. The van der Waals surface area contributed by atoms with Crippen LogP contribution in [0.1, 0.15) is 48.5 Å². The van der Waals surface area contributed by atoms with Crippen molar-refractivity contribution in [2.75, 3.05) is 6.54 Å². The SMILES string of the molecule is C=C(C(C)=N)/C(C)=C/C=C(\C)C(F)(F)F.C=C(C)C(=C)/C=C\C(=C)C(F)(F)F.CC.CCN. The van der Waals surface area contributed by atoms with Crippen LogP contribution >= 0.6 is 0 Å². The normalized spacial score (nSPS) is 11.7. The first-order valence-electron chi connectivity index (χ1n) is 9.98. The lowest BCUT2D eigenvalue weighted by Crippen LogP contribution is -2.08. The number of nitrogens with one attached hydrogen (secondary N) is 1. The van der Waals surface area contributed by atoms with Crippen LogP contribution in [0.2, 0.25) is 0 Å². The van der Waals surface area contributed by atoms with Gasteiger partial charge in [-0.1, -0.05) is 77.0 Å². The molecule has 0 aromatic heterocycles. The molecule has 8 heteroatoms. The predicted octanol–water partition coefficient (Wildman–Crippen LogP) is 8.82. The molecule has 0 rings (SSSR count). The molecule has 0 fully saturated rings. The molecule has 0 bridgehead atoms. The van der Waals surface area contributed by atoms with Gasteiger partial charge in [-0.3, -0.25) is 0 Å². The molecule has 0 saturated heterocycles. The second-order valence-corrected chi connectivity index (χ2v) is 6.37. The Kier molecular flexibility index (Phi) is 21.6. The van der Waals surface area contributed by atoms with Gasteiger partial charge in [-0.05, 0) is 51.0 Å². The minimum Gasteiger partial charge on any atom is -0.331 e. The Labute approximate surface area is 195 Å². The van der Waals surface area contributed by atoms with Gasteiger partial charge < -0.3 is 11.1 Å². The molecule has 0 radical (unpaired) electrons. The van der Waals surface area contributed by atoms with E-state index in [1.165, 1.54) is 12.2 Å². The summed E-state index contributed by atoms with van der Waals surface area (Å²) in [5.41, 5.74) is 5.64. The van der Waals surface area contributed by atoms with Crippen molar-refractivity contribution in [1.29, 1.82) is 5.41 Å². The first kappa shape index (κ1) is 37.7. The highest BCUT2D eigenvalue weighted by Gasteiger charge is 2.30. The van der Waals surface area contributed by atoms with Crippen LogP contribution in [0.25, 0.3) is 0 Å². The van der Waals surface area contributed by atoms with E-state index in [4.69, 9.17) is 11.1 Å². The van der Waals surface area contributed by atoms with E-state index in [1.54, 1.807) is 20.8 Å². The van der Waals surface area contributed by atoms with Gasteiger partial charge in [-0.2, -0.15) is 26.3 Å². The largest absolute Gasteiger partial charge is 0.415 e. The van der Waals surface area contributed by atoms with Gasteiger partial charge in [0.2, 0.25) is 0 Å². The molecular weight excluding hydrogens is 442 g/mol.